The standard InChI is InChI=1S/C33H55N3O6S2/c1-20(2)15-27(37)30(38)25(16-22-11-7-5-8-12-22)35-32(39)26(17-24-18-43-19-34-24)36-33(40)29-28(23-13-9-6-10-14-23)31(29)44(41,42)21(3)4/h18-23,25-31,37-38H,5-17H2,1-4H3,(H,35,39)(H,36,40)/t25-,26-,27-,28-,29-,30+,31-/m0/s1. The molecule has 4 N–H and O–H groups in total. The summed E-state index contributed by atoms with van der Waals surface area (Å²) < 4.78 is 26.7. The van der Waals surface area contributed by atoms with Crippen LogP contribution in [0.4, 0.5) is 0 Å². The fourth-order valence-corrected chi connectivity index (χ4v) is 10.4. The Kier molecular flexibility index (Phi) is 12.7. The van der Waals surface area contributed by atoms with Crippen LogP contribution in [0.1, 0.15) is 110 Å². The summed E-state index contributed by atoms with van der Waals surface area (Å²) >= 11 is 1.40. The third-order valence-electron chi connectivity index (χ3n) is 10.2. The molecule has 7 atom stereocenters. The zero-order valence-electron chi connectivity index (χ0n) is 27.0. The van der Waals surface area contributed by atoms with Crippen LogP contribution >= 0.6 is 11.3 Å². The topological polar surface area (TPSA) is 146 Å². The molecule has 0 unspecified atom stereocenters. The summed E-state index contributed by atoms with van der Waals surface area (Å²) in [6, 6.07) is -1.65. The summed E-state index contributed by atoms with van der Waals surface area (Å²) in [4.78, 5) is 32.2. The van der Waals surface area contributed by atoms with E-state index in [1.54, 1.807) is 19.4 Å². The van der Waals surface area contributed by atoms with Gasteiger partial charge in [0.2, 0.25) is 11.8 Å². The van der Waals surface area contributed by atoms with E-state index in [4.69, 9.17) is 0 Å². The second-order valence-corrected chi connectivity index (χ2v) is 17.8. The summed E-state index contributed by atoms with van der Waals surface area (Å²) in [6.07, 6.45) is 9.55. The van der Waals surface area contributed by atoms with Crippen molar-refractivity contribution in [2.45, 2.75) is 146 Å². The van der Waals surface area contributed by atoms with Gasteiger partial charge in [-0.15, -0.1) is 11.3 Å². The maximum absolute atomic E-state index is 14.0. The van der Waals surface area contributed by atoms with Gasteiger partial charge in [-0.05, 0) is 50.4 Å². The lowest BCUT2D eigenvalue weighted by Crippen LogP contribution is -2.56. The lowest BCUT2D eigenvalue weighted by Gasteiger charge is -2.33. The SMILES string of the molecule is CC(C)C[C@H](O)[C@H](O)[C@H](CC1CCCCC1)NC(=O)[C@H](Cc1cscn1)NC(=O)[C@H]1[C@H](C2CCCCC2)[C@@H]1S(=O)(=O)C(C)C. The molecule has 0 spiro atoms. The molecule has 0 aliphatic heterocycles. The third kappa shape index (κ3) is 9.04. The molecular weight excluding hydrogens is 599 g/mol. The van der Waals surface area contributed by atoms with Crippen LogP contribution in [-0.4, -0.2) is 70.2 Å². The molecule has 44 heavy (non-hydrogen) atoms. The first-order valence-electron chi connectivity index (χ1n) is 17.0. The minimum atomic E-state index is -3.50. The van der Waals surface area contributed by atoms with Crippen molar-refractivity contribution >= 4 is 33.0 Å². The van der Waals surface area contributed by atoms with E-state index in [9.17, 15) is 28.2 Å². The Morgan fingerprint density at radius 1 is 0.977 bits per heavy atom. The van der Waals surface area contributed by atoms with Gasteiger partial charge in [-0.1, -0.05) is 78.1 Å². The van der Waals surface area contributed by atoms with Crippen LogP contribution in [0, 0.1) is 29.6 Å². The molecule has 4 rings (SSSR count). The molecule has 9 nitrogen and oxygen atoms in total. The first-order chi connectivity index (χ1) is 20.9. The number of nitrogens with zero attached hydrogens (tertiary/aromatic N) is 1. The first-order valence-corrected chi connectivity index (χ1v) is 19.5. The molecular formula is C33H55N3O6S2. The molecule has 0 bridgehead atoms. The molecule has 250 valence electrons. The van der Waals surface area contributed by atoms with Gasteiger partial charge in [0.1, 0.15) is 12.1 Å². The highest BCUT2D eigenvalue weighted by Crippen LogP contribution is 2.54. The zero-order valence-corrected chi connectivity index (χ0v) is 28.6. The number of nitrogens with one attached hydrogen (secondary N) is 2. The second-order valence-electron chi connectivity index (χ2n) is 14.4. The van der Waals surface area contributed by atoms with Crippen LogP contribution in [0.15, 0.2) is 10.9 Å². The van der Waals surface area contributed by atoms with E-state index in [0.717, 1.165) is 57.8 Å². The van der Waals surface area contributed by atoms with Gasteiger partial charge >= 0.3 is 0 Å². The van der Waals surface area contributed by atoms with Crippen LogP contribution < -0.4 is 10.6 Å². The van der Waals surface area contributed by atoms with E-state index in [1.807, 2.05) is 19.2 Å². The molecule has 1 heterocycles. The Bertz CT molecular complexity index is 1160. The van der Waals surface area contributed by atoms with Crippen molar-refractivity contribution in [2.75, 3.05) is 0 Å². The van der Waals surface area contributed by atoms with Gasteiger partial charge in [0.05, 0.1) is 39.8 Å². The predicted octanol–water partition coefficient (Wildman–Crippen LogP) is 4.41. The monoisotopic (exact) mass is 653 g/mol. The van der Waals surface area contributed by atoms with Crippen molar-refractivity contribution in [1.82, 2.24) is 15.6 Å². The van der Waals surface area contributed by atoms with Gasteiger partial charge in [0.15, 0.2) is 9.84 Å². The molecule has 11 heteroatoms. The predicted molar refractivity (Wildman–Crippen MR) is 174 cm³/mol. The highest BCUT2D eigenvalue weighted by molar-refractivity contribution is 7.93. The number of carbonyl (C=O) groups excluding carboxylic acids is 2. The Balaban J connectivity index is 1.54. The van der Waals surface area contributed by atoms with Gasteiger partial charge in [-0.25, -0.2) is 13.4 Å². The summed E-state index contributed by atoms with van der Waals surface area (Å²) in [5.41, 5.74) is 2.33. The van der Waals surface area contributed by atoms with Crippen LogP contribution in [0.3, 0.4) is 0 Å². The summed E-state index contributed by atoms with van der Waals surface area (Å²) in [5.74, 6) is -1.03. The number of hydrogen-bond acceptors (Lipinski definition) is 8. The second kappa shape index (κ2) is 15.8. The number of carbonyl (C=O) groups is 2. The Hall–Kier alpha value is -1.56. The van der Waals surface area contributed by atoms with E-state index in [2.05, 4.69) is 15.6 Å². The third-order valence-corrected chi connectivity index (χ3v) is 13.5. The Morgan fingerprint density at radius 3 is 2.18 bits per heavy atom. The van der Waals surface area contributed by atoms with Crippen molar-refractivity contribution in [1.29, 1.82) is 0 Å². The lowest BCUT2D eigenvalue weighted by molar-refractivity contribution is -0.131. The Morgan fingerprint density at radius 2 is 1.61 bits per heavy atom. The lowest BCUT2D eigenvalue weighted by atomic mass is 9.82. The quantitative estimate of drug-likeness (QED) is 0.219. The van der Waals surface area contributed by atoms with Gasteiger partial charge < -0.3 is 20.8 Å². The summed E-state index contributed by atoms with van der Waals surface area (Å²) in [7, 11) is -3.50. The number of aliphatic hydroxyl groups excluding tert-OH is 2. The van der Waals surface area contributed by atoms with Gasteiger partial charge in [-0.2, -0.15) is 0 Å². The first kappa shape index (κ1) is 35.3. The van der Waals surface area contributed by atoms with Crippen LogP contribution in [-0.2, 0) is 25.8 Å². The fourth-order valence-electron chi connectivity index (χ4n) is 7.71. The van der Waals surface area contributed by atoms with Crippen molar-refractivity contribution in [2.24, 2.45) is 29.6 Å². The maximum atomic E-state index is 14.0. The molecule has 3 fully saturated rings. The number of sulfone groups is 1. The molecule has 2 amide bonds. The average Bonchev–Trinajstić information content (AvgIpc) is 3.56. The molecule has 0 radical (unpaired) electrons. The zero-order chi connectivity index (χ0) is 32.0. The summed E-state index contributed by atoms with van der Waals surface area (Å²) in [5, 5.41) is 28.6. The number of aromatic nitrogens is 1. The largest absolute Gasteiger partial charge is 0.390 e. The minimum absolute atomic E-state index is 0.157. The summed E-state index contributed by atoms with van der Waals surface area (Å²) in [6.45, 7) is 7.31. The van der Waals surface area contributed by atoms with E-state index < -0.39 is 62.4 Å². The Labute approximate surface area is 268 Å². The van der Waals surface area contributed by atoms with Crippen molar-refractivity contribution in [3.8, 4) is 0 Å². The highest BCUT2D eigenvalue weighted by atomic mass is 32.2. The molecule has 3 aliphatic rings. The highest BCUT2D eigenvalue weighted by Gasteiger charge is 2.64. The van der Waals surface area contributed by atoms with E-state index in [0.29, 0.717) is 24.5 Å². The number of thiazole rings is 1. The number of rotatable bonds is 15. The molecule has 1 aromatic heterocycles. The number of amides is 2. The molecule has 3 aliphatic carbocycles. The van der Waals surface area contributed by atoms with Crippen molar-refractivity contribution in [3.05, 3.63) is 16.6 Å². The van der Waals surface area contributed by atoms with Gasteiger partial charge in [0, 0.05) is 11.8 Å². The maximum Gasteiger partial charge on any atom is 0.243 e. The smallest absolute Gasteiger partial charge is 0.243 e. The van der Waals surface area contributed by atoms with Crippen molar-refractivity contribution in [3.63, 3.8) is 0 Å². The average molecular weight is 654 g/mol. The van der Waals surface area contributed by atoms with Crippen LogP contribution in [0.2, 0.25) is 0 Å². The minimum Gasteiger partial charge on any atom is -0.390 e. The molecule has 0 aromatic carbocycles. The van der Waals surface area contributed by atoms with Gasteiger partial charge in [0.25, 0.3) is 0 Å². The van der Waals surface area contributed by atoms with E-state index in [1.165, 1.54) is 17.8 Å². The van der Waals surface area contributed by atoms with Crippen LogP contribution in [0.25, 0.3) is 0 Å². The van der Waals surface area contributed by atoms with Crippen LogP contribution in [0.5, 0.6) is 0 Å². The van der Waals surface area contributed by atoms with E-state index in [-0.39, 0.29) is 24.2 Å². The number of hydrogen-bond donors (Lipinski definition) is 4. The molecule has 3 saturated carbocycles. The van der Waals surface area contributed by atoms with Gasteiger partial charge in [-0.3, -0.25) is 9.59 Å². The number of aliphatic hydroxyl groups is 2. The normalized spacial score (nSPS) is 26.2. The molecule has 0 saturated heterocycles. The van der Waals surface area contributed by atoms with E-state index >= 15 is 0 Å². The molecule has 1 aromatic rings. The van der Waals surface area contributed by atoms with Crippen molar-refractivity contribution < 1.29 is 28.2 Å². The fraction of sp³-hybridized carbons (Fsp3) is 0.848.